The van der Waals surface area contributed by atoms with E-state index in [1.807, 2.05) is 0 Å². The van der Waals surface area contributed by atoms with Crippen molar-refractivity contribution in [3.63, 3.8) is 0 Å². The molecule has 1 rings (SSSR count). The van der Waals surface area contributed by atoms with Gasteiger partial charge in [-0.15, -0.1) is 0 Å². The minimum atomic E-state index is 0.543. The fourth-order valence-electron chi connectivity index (χ4n) is 0.884. The van der Waals surface area contributed by atoms with Gasteiger partial charge < -0.3 is 11.8 Å². The second-order valence-corrected chi connectivity index (χ2v) is 3.89. The van der Waals surface area contributed by atoms with Gasteiger partial charge in [0.25, 0.3) is 0 Å². The zero-order valence-electron chi connectivity index (χ0n) is 3.54. The lowest BCUT2D eigenvalue weighted by Crippen LogP contribution is -1.58. The highest BCUT2D eigenvalue weighted by Crippen LogP contribution is 2.14. The van der Waals surface area contributed by atoms with E-state index < -0.39 is 0 Å². The summed E-state index contributed by atoms with van der Waals surface area (Å²) in [5.74, 6) is 3.28. The Morgan fingerprint density at radius 2 is 1.60 bits per heavy atom. The van der Waals surface area contributed by atoms with Crippen LogP contribution in [0, 0.1) is 0 Å². The minimum absolute atomic E-state index is 0.543. The molecule has 0 radical (unpaired) electrons. The van der Waals surface area contributed by atoms with Crippen molar-refractivity contribution in [2.75, 3.05) is 11.5 Å². The first kappa shape index (κ1) is 3.54. The summed E-state index contributed by atoms with van der Waals surface area (Å²) < 4.78 is 0. The number of rotatable bonds is 0. The predicted molar refractivity (Wildman–Crippen MR) is 32.1 cm³/mol. The third-order valence-corrected chi connectivity index (χ3v) is 3.25. The number of hydrogen-bond acceptors (Lipinski definition) is 0. The SMILES string of the molecule is C1CC[SH4]C1. The largest absolute Gasteiger partial charge is 0.309 e. The van der Waals surface area contributed by atoms with E-state index in [2.05, 4.69) is 0 Å². The van der Waals surface area contributed by atoms with Crippen LogP contribution in [0.25, 0.3) is 0 Å². The molecule has 0 atom stereocenters. The Morgan fingerprint density at radius 1 is 1.00 bits per heavy atom. The molecule has 0 aromatic rings. The molecule has 0 amide bonds. The van der Waals surface area contributed by atoms with E-state index in [4.69, 9.17) is 0 Å². The van der Waals surface area contributed by atoms with E-state index in [9.17, 15) is 0 Å². The summed E-state index contributed by atoms with van der Waals surface area (Å²) in [5.41, 5.74) is 0. The molecule has 1 aliphatic heterocycles. The Kier molecular flexibility index (Phi) is 1.21. The average Bonchev–Trinajstić information content (AvgIpc) is 1.76. The fraction of sp³-hybridized carbons (Fsp3) is 1.00. The highest BCUT2D eigenvalue weighted by Gasteiger charge is 1.91. The molecule has 0 unspecified atom stereocenters. The van der Waals surface area contributed by atoms with Crippen LogP contribution in [-0.2, 0) is 0 Å². The van der Waals surface area contributed by atoms with Gasteiger partial charge in [-0.1, -0.05) is 0 Å². The van der Waals surface area contributed by atoms with Crippen molar-refractivity contribution in [3.05, 3.63) is 0 Å². The van der Waals surface area contributed by atoms with E-state index in [0.717, 1.165) is 0 Å². The first-order valence-electron chi connectivity index (χ1n) is 2.50. The lowest BCUT2D eigenvalue weighted by molar-refractivity contribution is 0.949. The van der Waals surface area contributed by atoms with Crippen LogP contribution >= 0.6 is 11.8 Å². The summed E-state index contributed by atoms with van der Waals surface area (Å²) in [6.07, 6.45) is 3.12. The lowest BCUT2D eigenvalue weighted by Gasteiger charge is -1.77. The molecular formula is C4H12S. The molecule has 5 heavy (non-hydrogen) atoms. The van der Waals surface area contributed by atoms with Crippen LogP contribution in [0.3, 0.4) is 0 Å². The van der Waals surface area contributed by atoms with Gasteiger partial charge in [0.05, 0.1) is 0 Å². The van der Waals surface area contributed by atoms with E-state index >= 15 is 0 Å². The van der Waals surface area contributed by atoms with Crippen LogP contribution < -0.4 is 0 Å². The Labute approximate surface area is 37.0 Å². The maximum Gasteiger partial charge on any atom is -0.0418 e. The summed E-state index contributed by atoms with van der Waals surface area (Å²) in [4.78, 5) is 0. The van der Waals surface area contributed by atoms with Crippen molar-refractivity contribution >= 4 is 11.8 Å². The highest BCUT2D eigenvalue weighted by molar-refractivity contribution is 7.99. The molecule has 0 N–H and O–H groups in total. The third kappa shape index (κ3) is 0.839. The second-order valence-electron chi connectivity index (χ2n) is 1.77. The first-order valence-corrected chi connectivity index (χ1v) is 4.50. The molecule has 34 valence electrons. The molecule has 1 aliphatic rings. The van der Waals surface area contributed by atoms with Crippen molar-refractivity contribution < 1.29 is 0 Å². The molecule has 1 fully saturated rings. The monoisotopic (exact) mass is 92.1 g/mol. The quantitative estimate of drug-likeness (QED) is 0.407. The maximum atomic E-state index is 1.64. The Bertz CT molecular complexity index is 15.2. The molecule has 0 bridgehead atoms. The van der Waals surface area contributed by atoms with E-state index in [1.165, 1.54) is 0 Å². The zero-order valence-corrected chi connectivity index (χ0v) is 4.95. The van der Waals surface area contributed by atoms with Crippen molar-refractivity contribution in [2.24, 2.45) is 0 Å². The van der Waals surface area contributed by atoms with Gasteiger partial charge in [0, 0.05) is 0 Å². The molecule has 0 aliphatic carbocycles. The standard InChI is InChI=1S/C4H12S/c1-2-4-5-3-1/h1-4H2,5H4. The van der Waals surface area contributed by atoms with Gasteiger partial charge in [-0.3, -0.25) is 0 Å². The summed E-state index contributed by atoms with van der Waals surface area (Å²) in [6.45, 7) is 0. The summed E-state index contributed by atoms with van der Waals surface area (Å²) >= 11 is 0.543. The molecule has 0 spiro atoms. The van der Waals surface area contributed by atoms with Crippen LogP contribution in [0.4, 0.5) is 0 Å². The fourth-order valence-corrected chi connectivity index (χ4v) is 2.65. The zero-order chi connectivity index (χ0) is 3.54. The van der Waals surface area contributed by atoms with Crippen molar-refractivity contribution in [2.45, 2.75) is 12.8 Å². The molecular weight excluding hydrogens is 80.1 g/mol. The molecule has 1 heterocycles. The van der Waals surface area contributed by atoms with Gasteiger partial charge >= 0.3 is 0 Å². The molecule has 0 aromatic carbocycles. The maximum absolute atomic E-state index is 1.64. The predicted octanol–water partition coefficient (Wildman–Crippen LogP) is 0.443. The van der Waals surface area contributed by atoms with Gasteiger partial charge in [-0.25, -0.2) is 0 Å². The van der Waals surface area contributed by atoms with E-state index in [-0.39, 0.29) is 0 Å². The van der Waals surface area contributed by atoms with Crippen molar-refractivity contribution in [1.82, 2.24) is 0 Å². The summed E-state index contributed by atoms with van der Waals surface area (Å²) in [7, 11) is 0. The lowest BCUT2D eigenvalue weighted by atomic mass is 10.4. The van der Waals surface area contributed by atoms with Crippen LogP contribution in [0.15, 0.2) is 0 Å². The normalized spacial score (nSPS) is 25.6. The topological polar surface area (TPSA) is 0 Å². The Hall–Kier alpha value is 0.350. The highest BCUT2D eigenvalue weighted by atomic mass is 32.2. The van der Waals surface area contributed by atoms with Crippen LogP contribution in [0.2, 0.25) is 0 Å². The van der Waals surface area contributed by atoms with Crippen LogP contribution in [0.1, 0.15) is 12.8 Å². The summed E-state index contributed by atoms with van der Waals surface area (Å²) in [5, 5.41) is 0. The van der Waals surface area contributed by atoms with E-state index in [0.29, 0.717) is 11.8 Å². The van der Waals surface area contributed by atoms with Crippen LogP contribution in [-0.4, -0.2) is 11.5 Å². The Balaban J connectivity index is 2.08. The average molecular weight is 92.2 g/mol. The van der Waals surface area contributed by atoms with Crippen molar-refractivity contribution in [1.29, 1.82) is 0 Å². The molecule has 1 heteroatoms. The first-order chi connectivity index (χ1) is 2.50. The molecule has 0 saturated carbocycles. The van der Waals surface area contributed by atoms with Gasteiger partial charge in [0.1, 0.15) is 0 Å². The minimum Gasteiger partial charge on any atom is -0.309 e. The van der Waals surface area contributed by atoms with Gasteiger partial charge in [-0.05, 0) is 24.3 Å². The van der Waals surface area contributed by atoms with Gasteiger partial charge in [0.2, 0.25) is 0 Å². The molecule has 1 saturated heterocycles. The third-order valence-electron chi connectivity index (χ3n) is 1.25. The number of hydrogen-bond donors (Lipinski definition) is 0. The van der Waals surface area contributed by atoms with E-state index in [1.54, 1.807) is 24.3 Å². The second kappa shape index (κ2) is 1.71. The Morgan fingerprint density at radius 3 is 1.80 bits per heavy atom. The van der Waals surface area contributed by atoms with Gasteiger partial charge in [-0.2, -0.15) is 0 Å². The van der Waals surface area contributed by atoms with Crippen molar-refractivity contribution in [3.8, 4) is 0 Å². The smallest absolute Gasteiger partial charge is 0.0418 e. The summed E-state index contributed by atoms with van der Waals surface area (Å²) in [6, 6.07) is 0. The molecule has 0 nitrogen and oxygen atoms in total. The van der Waals surface area contributed by atoms with Gasteiger partial charge in [0.15, 0.2) is 0 Å². The molecule has 0 aromatic heterocycles. The van der Waals surface area contributed by atoms with Crippen LogP contribution in [0.5, 0.6) is 0 Å².